The second-order valence-electron chi connectivity index (χ2n) is 4.24. The summed E-state index contributed by atoms with van der Waals surface area (Å²) in [4.78, 5) is 16.7. The minimum absolute atomic E-state index is 0.317. The summed E-state index contributed by atoms with van der Waals surface area (Å²) in [6.45, 7) is 6.74. The Kier molecular flexibility index (Phi) is 4.22. The minimum atomic E-state index is -0.403. The highest BCUT2D eigenvalue weighted by Crippen LogP contribution is 2.31. The molecule has 2 heterocycles. The van der Waals surface area contributed by atoms with E-state index in [0.29, 0.717) is 36.6 Å². The van der Waals surface area contributed by atoms with Gasteiger partial charge in [-0.25, -0.2) is 14.5 Å². The van der Waals surface area contributed by atoms with Gasteiger partial charge in [-0.05, 0) is 20.3 Å². The molecule has 0 aromatic carbocycles. The van der Waals surface area contributed by atoms with Gasteiger partial charge >= 0.3 is 5.97 Å². The van der Waals surface area contributed by atoms with E-state index in [1.165, 1.54) is 0 Å². The summed E-state index contributed by atoms with van der Waals surface area (Å²) in [7, 11) is 1.54. The molecule has 6 nitrogen and oxygen atoms in total. The van der Waals surface area contributed by atoms with Crippen LogP contribution in [-0.4, -0.2) is 34.5 Å². The fourth-order valence-electron chi connectivity index (χ4n) is 2.22. The molecular formula is C14H19N3O3. The van der Waals surface area contributed by atoms with Crippen molar-refractivity contribution in [2.45, 2.75) is 33.7 Å². The summed E-state index contributed by atoms with van der Waals surface area (Å²) < 4.78 is 12.3. The van der Waals surface area contributed by atoms with Crippen LogP contribution in [0.15, 0.2) is 6.20 Å². The van der Waals surface area contributed by atoms with Crippen LogP contribution < -0.4 is 4.74 Å². The first-order chi connectivity index (χ1) is 9.67. The van der Waals surface area contributed by atoms with Crippen LogP contribution in [0.25, 0.3) is 11.0 Å². The van der Waals surface area contributed by atoms with Crippen molar-refractivity contribution in [2.24, 2.45) is 0 Å². The molecule has 0 fully saturated rings. The van der Waals surface area contributed by atoms with Crippen LogP contribution in [0.4, 0.5) is 0 Å². The first-order valence-electron chi connectivity index (χ1n) is 6.77. The SMILES string of the molecule is CCOC(=O)c1c(CC)nc2c(cnn2CC)c1OC. The van der Waals surface area contributed by atoms with Crippen molar-refractivity contribution in [2.75, 3.05) is 13.7 Å². The quantitative estimate of drug-likeness (QED) is 0.784. The number of carbonyl (C=O) groups excluding carboxylic acids is 1. The van der Waals surface area contributed by atoms with Gasteiger partial charge in [-0.3, -0.25) is 0 Å². The van der Waals surface area contributed by atoms with Crippen LogP contribution in [-0.2, 0) is 17.7 Å². The fourth-order valence-corrected chi connectivity index (χ4v) is 2.22. The number of rotatable bonds is 5. The Morgan fingerprint density at radius 2 is 2.10 bits per heavy atom. The number of methoxy groups -OCH3 is 1. The number of carbonyl (C=O) groups is 1. The van der Waals surface area contributed by atoms with E-state index in [-0.39, 0.29) is 0 Å². The molecule has 0 aliphatic heterocycles. The first kappa shape index (κ1) is 14.3. The van der Waals surface area contributed by atoms with Crippen molar-refractivity contribution in [1.82, 2.24) is 14.8 Å². The zero-order valence-corrected chi connectivity index (χ0v) is 12.3. The minimum Gasteiger partial charge on any atom is -0.495 e. The predicted octanol–water partition coefficient (Wildman–Crippen LogP) is 2.20. The number of fused-ring (bicyclic) bond motifs is 1. The van der Waals surface area contributed by atoms with E-state index in [0.717, 1.165) is 11.0 Å². The van der Waals surface area contributed by atoms with Crippen molar-refractivity contribution in [3.63, 3.8) is 0 Å². The molecule has 108 valence electrons. The maximum absolute atomic E-state index is 12.2. The van der Waals surface area contributed by atoms with Crippen molar-refractivity contribution in [3.05, 3.63) is 17.5 Å². The third-order valence-corrected chi connectivity index (χ3v) is 3.13. The van der Waals surface area contributed by atoms with Crippen molar-refractivity contribution < 1.29 is 14.3 Å². The van der Waals surface area contributed by atoms with Crippen LogP contribution in [0.2, 0.25) is 0 Å². The molecule has 0 unspecified atom stereocenters. The Morgan fingerprint density at radius 3 is 2.65 bits per heavy atom. The van der Waals surface area contributed by atoms with Gasteiger partial charge in [-0.1, -0.05) is 6.92 Å². The second kappa shape index (κ2) is 5.90. The lowest BCUT2D eigenvalue weighted by atomic mass is 10.1. The second-order valence-corrected chi connectivity index (χ2v) is 4.24. The fraction of sp³-hybridized carbons (Fsp3) is 0.500. The lowest BCUT2D eigenvalue weighted by Gasteiger charge is -2.13. The van der Waals surface area contributed by atoms with E-state index in [1.807, 2.05) is 13.8 Å². The first-order valence-corrected chi connectivity index (χ1v) is 6.77. The maximum Gasteiger partial charge on any atom is 0.343 e. The summed E-state index contributed by atoms with van der Waals surface area (Å²) in [6, 6.07) is 0. The zero-order valence-electron chi connectivity index (χ0n) is 12.3. The van der Waals surface area contributed by atoms with Gasteiger partial charge in [0.15, 0.2) is 5.65 Å². The normalized spacial score (nSPS) is 10.8. The summed E-state index contributed by atoms with van der Waals surface area (Å²) in [5.74, 6) is 0.0878. The highest BCUT2D eigenvalue weighted by atomic mass is 16.5. The highest BCUT2D eigenvalue weighted by Gasteiger charge is 2.24. The summed E-state index contributed by atoms with van der Waals surface area (Å²) in [5, 5.41) is 5.00. The summed E-state index contributed by atoms with van der Waals surface area (Å²) in [5.41, 5.74) is 1.80. The molecule has 0 aliphatic rings. The maximum atomic E-state index is 12.2. The van der Waals surface area contributed by atoms with Gasteiger partial charge < -0.3 is 9.47 Å². The summed E-state index contributed by atoms with van der Waals surface area (Å²) in [6.07, 6.45) is 2.29. The van der Waals surface area contributed by atoms with Crippen molar-refractivity contribution in [3.8, 4) is 5.75 Å². The number of hydrogen-bond donors (Lipinski definition) is 0. The average molecular weight is 277 g/mol. The molecular weight excluding hydrogens is 258 g/mol. The molecule has 0 aliphatic carbocycles. The van der Waals surface area contributed by atoms with Gasteiger partial charge in [0.1, 0.15) is 11.3 Å². The molecule has 2 aromatic rings. The van der Waals surface area contributed by atoms with E-state index in [9.17, 15) is 4.79 Å². The zero-order chi connectivity index (χ0) is 14.7. The molecule has 0 saturated heterocycles. The Labute approximate surface area is 117 Å². The van der Waals surface area contributed by atoms with Crippen molar-refractivity contribution >= 4 is 17.0 Å². The van der Waals surface area contributed by atoms with Gasteiger partial charge in [0.2, 0.25) is 0 Å². The lowest BCUT2D eigenvalue weighted by Crippen LogP contribution is -2.12. The Bertz CT molecular complexity index is 634. The monoisotopic (exact) mass is 277 g/mol. The topological polar surface area (TPSA) is 66.2 Å². The van der Waals surface area contributed by atoms with Crippen molar-refractivity contribution in [1.29, 1.82) is 0 Å². The molecule has 0 bridgehead atoms. The average Bonchev–Trinajstić information content (AvgIpc) is 2.87. The number of esters is 1. The smallest absolute Gasteiger partial charge is 0.343 e. The predicted molar refractivity (Wildman–Crippen MR) is 75.1 cm³/mol. The van der Waals surface area contributed by atoms with Gasteiger partial charge in [0.05, 0.1) is 31.0 Å². The molecule has 20 heavy (non-hydrogen) atoms. The molecule has 0 N–H and O–H groups in total. The van der Waals surface area contributed by atoms with E-state index in [2.05, 4.69) is 10.1 Å². The van der Waals surface area contributed by atoms with Crippen LogP contribution >= 0.6 is 0 Å². The number of hydrogen-bond acceptors (Lipinski definition) is 5. The molecule has 0 spiro atoms. The standard InChI is InChI=1S/C14H19N3O3/c1-5-10-11(14(18)20-7-3)12(19-4)9-8-15-17(6-2)13(9)16-10/h8H,5-7H2,1-4H3. The molecule has 0 atom stereocenters. The molecule has 0 saturated carbocycles. The molecule has 2 rings (SSSR count). The number of ether oxygens (including phenoxy) is 2. The van der Waals surface area contributed by atoms with Crippen LogP contribution in [0.3, 0.4) is 0 Å². The number of pyridine rings is 1. The Balaban J connectivity index is 2.75. The van der Waals surface area contributed by atoms with Crippen LogP contribution in [0.5, 0.6) is 5.75 Å². The van der Waals surface area contributed by atoms with Gasteiger partial charge in [-0.15, -0.1) is 0 Å². The Hall–Kier alpha value is -2.11. The number of nitrogens with zero attached hydrogens (tertiary/aromatic N) is 3. The molecule has 6 heteroatoms. The molecule has 2 aromatic heterocycles. The molecule has 0 amide bonds. The van der Waals surface area contributed by atoms with E-state index in [1.54, 1.807) is 24.9 Å². The third kappa shape index (κ3) is 2.21. The number of aryl methyl sites for hydroxylation is 2. The van der Waals surface area contributed by atoms with Gasteiger partial charge in [0, 0.05) is 6.54 Å². The van der Waals surface area contributed by atoms with Crippen LogP contribution in [0, 0.1) is 0 Å². The van der Waals surface area contributed by atoms with E-state index >= 15 is 0 Å². The lowest BCUT2D eigenvalue weighted by molar-refractivity contribution is 0.0521. The van der Waals surface area contributed by atoms with Crippen LogP contribution in [0.1, 0.15) is 36.8 Å². The van der Waals surface area contributed by atoms with Gasteiger partial charge in [0.25, 0.3) is 0 Å². The Morgan fingerprint density at radius 1 is 1.35 bits per heavy atom. The largest absolute Gasteiger partial charge is 0.495 e. The highest BCUT2D eigenvalue weighted by molar-refractivity contribution is 6.00. The van der Waals surface area contributed by atoms with E-state index in [4.69, 9.17) is 9.47 Å². The number of aromatic nitrogens is 3. The van der Waals surface area contributed by atoms with E-state index < -0.39 is 5.97 Å². The molecule has 0 radical (unpaired) electrons. The summed E-state index contributed by atoms with van der Waals surface area (Å²) >= 11 is 0. The van der Waals surface area contributed by atoms with Gasteiger partial charge in [-0.2, -0.15) is 5.10 Å². The third-order valence-electron chi connectivity index (χ3n) is 3.13.